The second kappa shape index (κ2) is 9.53. The normalized spacial score (nSPS) is 10.7. The van der Waals surface area contributed by atoms with Gasteiger partial charge in [-0.1, -0.05) is 41.1 Å². The van der Waals surface area contributed by atoms with Gasteiger partial charge in [0.1, 0.15) is 29.5 Å². The SMILES string of the molecule is COc1cc(OC)cc(-c2ccc(OCc3cn(Cc4ccc(Cl)cc4)nn3)cc2)c1. The van der Waals surface area contributed by atoms with Crippen LogP contribution in [0.15, 0.2) is 72.9 Å². The molecule has 0 bridgehead atoms. The van der Waals surface area contributed by atoms with Crippen molar-refractivity contribution in [2.45, 2.75) is 13.2 Å². The van der Waals surface area contributed by atoms with E-state index in [0.717, 1.165) is 39.6 Å². The summed E-state index contributed by atoms with van der Waals surface area (Å²) in [4.78, 5) is 0. The Balaban J connectivity index is 1.38. The van der Waals surface area contributed by atoms with Gasteiger partial charge in [-0.25, -0.2) is 4.68 Å². The molecule has 4 rings (SSSR count). The molecule has 1 heterocycles. The minimum absolute atomic E-state index is 0.340. The lowest BCUT2D eigenvalue weighted by Gasteiger charge is -2.10. The third-order valence-electron chi connectivity index (χ3n) is 4.77. The van der Waals surface area contributed by atoms with E-state index in [0.29, 0.717) is 18.2 Å². The first kappa shape index (κ1) is 20.8. The Labute approximate surface area is 186 Å². The number of rotatable bonds is 8. The summed E-state index contributed by atoms with van der Waals surface area (Å²) in [6.07, 6.45) is 1.88. The lowest BCUT2D eigenvalue weighted by Crippen LogP contribution is -2.00. The molecule has 31 heavy (non-hydrogen) atoms. The van der Waals surface area contributed by atoms with E-state index in [9.17, 15) is 0 Å². The molecule has 7 heteroatoms. The molecule has 0 unspecified atom stereocenters. The van der Waals surface area contributed by atoms with Crippen LogP contribution in [-0.2, 0) is 13.2 Å². The maximum Gasteiger partial charge on any atom is 0.134 e. The van der Waals surface area contributed by atoms with Crippen LogP contribution in [0.25, 0.3) is 11.1 Å². The number of hydrogen-bond acceptors (Lipinski definition) is 5. The Morgan fingerprint density at radius 3 is 2.13 bits per heavy atom. The van der Waals surface area contributed by atoms with Crippen LogP contribution in [0.4, 0.5) is 0 Å². The van der Waals surface area contributed by atoms with Crippen LogP contribution < -0.4 is 14.2 Å². The molecule has 6 nitrogen and oxygen atoms in total. The fraction of sp³-hybridized carbons (Fsp3) is 0.167. The number of nitrogens with zero attached hydrogens (tertiary/aromatic N) is 3. The third-order valence-corrected chi connectivity index (χ3v) is 5.02. The van der Waals surface area contributed by atoms with Gasteiger partial charge < -0.3 is 14.2 Å². The van der Waals surface area contributed by atoms with Gasteiger partial charge in [0.15, 0.2) is 0 Å². The molecule has 0 aliphatic heterocycles. The number of benzene rings is 3. The highest BCUT2D eigenvalue weighted by atomic mass is 35.5. The molecule has 158 valence electrons. The fourth-order valence-electron chi connectivity index (χ4n) is 3.13. The van der Waals surface area contributed by atoms with Crippen molar-refractivity contribution in [1.29, 1.82) is 0 Å². The van der Waals surface area contributed by atoms with Crippen LogP contribution in [0.1, 0.15) is 11.3 Å². The molecule has 1 aromatic heterocycles. The van der Waals surface area contributed by atoms with Crippen molar-refractivity contribution < 1.29 is 14.2 Å². The first-order chi connectivity index (χ1) is 15.1. The lowest BCUT2D eigenvalue weighted by atomic mass is 10.0. The van der Waals surface area contributed by atoms with E-state index >= 15 is 0 Å². The summed E-state index contributed by atoms with van der Waals surface area (Å²) in [6.45, 7) is 0.968. The largest absolute Gasteiger partial charge is 0.497 e. The Hall–Kier alpha value is -3.51. The van der Waals surface area contributed by atoms with Crippen molar-refractivity contribution in [3.63, 3.8) is 0 Å². The fourth-order valence-corrected chi connectivity index (χ4v) is 3.26. The van der Waals surface area contributed by atoms with Crippen LogP contribution in [0.5, 0.6) is 17.2 Å². The van der Waals surface area contributed by atoms with Crippen molar-refractivity contribution in [1.82, 2.24) is 15.0 Å². The Morgan fingerprint density at radius 1 is 0.806 bits per heavy atom. The highest BCUT2D eigenvalue weighted by Gasteiger charge is 2.06. The summed E-state index contributed by atoms with van der Waals surface area (Å²) in [7, 11) is 3.28. The molecular formula is C24H22ClN3O3. The molecule has 0 amide bonds. The third kappa shape index (κ3) is 5.35. The molecular weight excluding hydrogens is 414 g/mol. The van der Waals surface area contributed by atoms with Gasteiger partial charge in [-0.05, 0) is 53.1 Å². The van der Waals surface area contributed by atoms with Crippen molar-refractivity contribution >= 4 is 11.6 Å². The standard InChI is InChI=1S/C24H22ClN3O3/c1-29-23-11-19(12-24(13-23)30-2)18-5-9-22(10-6-18)31-16-21-15-28(27-26-21)14-17-3-7-20(25)8-4-17/h3-13,15H,14,16H2,1-2H3. The molecule has 0 aliphatic carbocycles. The summed E-state index contributed by atoms with van der Waals surface area (Å²) < 4.78 is 18.3. The zero-order valence-electron chi connectivity index (χ0n) is 17.3. The minimum Gasteiger partial charge on any atom is -0.497 e. The van der Waals surface area contributed by atoms with E-state index in [1.165, 1.54) is 0 Å². The highest BCUT2D eigenvalue weighted by molar-refractivity contribution is 6.30. The number of aromatic nitrogens is 3. The first-order valence-electron chi connectivity index (χ1n) is 9.73. The first-order valence-corrected chi connectivity index (χ1v) is 10.1. The summed E-state index contributed by atoms with van der Waals surface area (Å²) in [5.41, 5.74) is 3.91. The lowest BCUT2D eigenvalue weighted by molar-refractivity contribution is 0.301. The molecule has 3 aromatic carbocycles. The Morgan fingerprint density at radius 2 is 1.48 bits per heavy atom. The number of ether oxygens (including phenoxy) is 3. The number of halogens is 1. The smallest absolute Gasteiger partial charge is 0.134 e. The van der Waals surface area contributed by atoms with Gasteiger partial charge in [-0.3, -0.25) is 0 Å². The molecule has 0 radical (unpaired) electrons. The molecule has 0 N–H and O–H groups in total. The summed E-state index contributed by atoms with van der Waals surface area (Å²) in [5, 5.41) is 9.06. The zero-order chi connectivity index (χ0) is 21.6. The Kier molecular flexibility index (Phi) is 6.38. The van der Waals surface area contributed by atoms with Crippen molar-refractivity contribution in [3.05, 3.63) is 89.2 Å². The summed E-state index contributed by atoms with van der Waals surface area (Å²) in [6, 6.07) is 21.3. The van der Waals surface area contributed by atoms with Gasteiger partial charge >= 0.3 is 0 Å². The average Bonchev–Trinajstić information content (AvgIpc) is 3.26. The maximum atomic E-state index is 5.93. The molecule has 0 saturated carbocycles. The van der Waals surface area contributed by atoms with Crippen LogP contribution in [0.3, 0.4) is 0 Å². The predicted molar refractivity (Wildman–Crippen MR) is 120 cm³/mol. The topological polar surface area (TPSA) is 58.4 Å². The van der Waals surface area contributed by atoms with Gasteiger partial charge in [0.2, 0.25) is 0 Å². The number of hydrogen-bond donors (Lipinski definition) is 0. The second-order valence-electron chi connectivity index (χ2n) is 6.95. The van der Waals surface area contributed by atoms with Gasteiger partial charge in [0, 0.05) is 11.1 Å². The predicted octanol–water partition coefficient (Wildman–Crippen LogP) is 5.24. The molecule has 0 aliphatic rings. The molecule has 0 spiro atoms. The number of methoxy groups -OCH3 is 2. The van der Waals surface area contributed by atoms with Crippen molar-refractivity contribution in [3.8, 4) is 28.4 Å². The Bertz CT molecular complexity index is 1120. The molecule has 4 aromatic rings. The maximum absolute atomic E-state index is 5.93. The highest BCUT2D eigenvalue weighted by Crippen LogP contribution is 2.30. The van der Waals surface area contributed by atoms with E-state index in [1.54, 1.807) is 18.9 Å². The second-order valence-corrected chi connectivity index (χ2v) is 7.38. The average molecular weight is 436 g/mol. The van der Waals surface area contributed by atoms with Gasteiger partial charge in [0.05, 0.1) is 27.0 Å². The molecule has 0 fully saturated rings. The van der Waals surface area contributed by atoms with E-state index in [-0.39, 0.29) is 0 Å². The van der Waals surface area contributed by atoms with Gasteiger partial charge in [-0.15, -0.1) is 5.10 Å². The van der Waals surface area contributed by atoms with Crippen molar-refractivity contribution in [2.75, 3.05) is 14.2 Å². The van der Waals surface area contributed by atoms with Crippen LogP contribution in [-0.4, -0.2) is 29.2 Å². The van der Waals surface area contributed by atoms with Gasteiger partial charge in [-0.2, -0.15) is 0 Å². The zero-order valence-corrected chi connectivity index (χ0v) is 18.0. The van der Waals surface area contributed by atoms with E-state index in [4.69, 9.17) is 25.8 Å². The quantitative estimate of drug-likeness (QED) is 0.378. The van der Waals surface area contributed by atoms with Crippen molar-refractivity contribution in [2.24, 2.45) is 0 Å². The van der Waals surface area contributed by atoms with E-state index in [2.05, 4.69) is 10.3 Å². The monoisotopic (exact) mass is 435 g/mol. The molecule has 0 atom stereocenters. The van der Waals surface area contributed by atoms with Crippen LogP contribution in [0, 0.1) is 0 Å². The summed E-state index contributed by atoms with van der Waals surface area (Å²) >= 11 is 5.93. The van der Waals surface area contributed by atoms with E-state index < -0.39 is 0 Å². The van der Waals surface area contributed by atoms with Gasteiger partial charge in [0.25, 0.3) is 0 Å². The minimum atomic E-state index is 0.340. The van der Waals surface area contributed by atoms with Crippen LogP contribution in [0.2, 0.25) is 5.02 Å². The van der Waals surface area contributed by atoms with E-state index in [1.807, 2.05) is 72.9 Å². The van der Waals surface area contributed by atoms with Crippen LogP contribution >= 0.6 is 11.6 Å². The summed E-state index contributed by atoms with van der Waals surface area (Å²) in [5.74, 6) is 2.25. The molecule has 0 saturated heterocycles.